The zero-order valence-corrected chi connectivity index (χ0v) is 17.1. The summed E-state index contributed by atoms with van der Waals surface area (Å²) in [6, 6.07) is 6.65. The minimum absolute atomic E-state index is 0.0843. The van der Waals surface area contributed by atoms with Crippen molar-refractivity contribution >= 4 is 31.4 Å². The summed E-state index contributed by atoms with van der Waals surface area (Å²) >= 11 is 0. The first kappa shape index (κ1) is 21.1. The Morgan fingerprint density at radius 3 is 2.31 bits per heavy atom. The second-order valence-corrected chi connectivity index (χ2v) is 10.0. The molecule has 0 aliphatic carbocycles. The van der Waals surface area contributed by atoms with Crippen molar-refractivity contribution in [2.24, 2.45) is 0 Å². The number of hydrogen-bond donors (Lipinski definition) is 1. The van der Waals surface area contributed by atoms with Gasteiger partial charge in [0.05, 0.1) is 9.82 Å². The van der Waals surface area contributed by atoms with Crippen LogP contribution in [0.5, 0.6) is 0 Å². The van der Waals surface area contributed by atoms with Gasteiger partial charge in [-0.05, 0) is 31.3 Å². The van der Waals surface area contributed by atoms with Gasteiger partial charge in [-0.1, -0.05) is 0 Å². The monoisotopic (exact) mass is 441 g/mol. The van der Waals surface area contributed by atoms with E-state index in [2.05, 4.69) is 9.71 Å². The molecule has 1 aliphatic rings. The number of sulfonamides is 2. The first-order valence-electron chi connectivity index (χ1n) is 8.54. The molecule has 2 heterocycles. The molecule has 1 aromatic carbocycles. The van der Waals surface area contributed by atoms with Crippen LogP contribution in [0.3, 0.4) is 0 Å². The van der Waals surface area contributed by atoms with Crippen molar-refractivity contribution in [2.45, 2.75) is 9.79 Å². The van der Waals surface area contributed by atoms with Gasteiger partial charge in [0.25, 0.3) is 5.69 Å². The molecular weight excluding hydrogens is 422 g/mol. The van der Waals surface area contributed by atoms with Crippen molar-refractivity contribution in [1.29, 1.82) is 0 Å². The quantitative estimate of drug-likeness (QED) is 0.501. The van der Waals surface area contributed by atoms with Crippen LogP contribution in [0.2, 0.25) is 0 Å². The molecule has 1 N–H and O–H groups in total. The molecule has 0 saturated carbocycles. The number of nitrogens with one attached hydrogen (secondary N) is 1. The second kappa shape index (κ2) is 8.02. The lowest BCUT2D eigenvalue weighted by molar-refractivity contribution is -0.384. The maximum Gasteiger partial charge on any atom is 0.293 e. The average Bonchev–Trinajstić information content (AvgIpc) is 2.74. The van der Waals surface area contributed by atoms with Crippen molar-refractivity contribution in [3.8, 4) is 0 Å². The van der Waals surface area contributed by atoms with Gasteiger partial charge in [-0.2, -0.15) is 4.31 Å². The van der Waals surface area contributed by atoms with Gasteiger partial charge in [0.2, 0.25) is 20.0 Å². The van der Waals surface area contributed by atoms with Crippen LogP contribution >= 0.6 is 0 Å². The summed E-state index contributed by atoms with van der Waals surface area (Å²) < 4.78 is 52.6. The van der Waals surface area contributed by atoms with E-state index in [9.17, 15) is 26.9 Å². The molecule has 0 atom stereocenters. The van der Waals surface area contributed by atoms with Crippen molar-refractivity contribution in [1.82, 2.24) is 14.0 Å². The summed E-state index contributed by atoms with van der Waals surface area (Å²) in [7, 11) is -6.31. The molecule has 11 nitrogen and oxygen atoms in total. The third-order valence-electron chi connectivity index (χ3n) is 4.57. The number of nitrogens with zero attached hydrogens (tertiary/aromatic N) is 4. The maximum atomic E-state index is 12.7. The lowest BCUT2D eigenvalue weighted by Gasteiger charge is -2.35. The molecule has 1 fully saturated rings. The van der Waals surface area contributed by atoms with Crippen LogP contribution in [0.4, 0.5) is 11.4 Å². The zero-order valence-electron chi connectivity index (χ0n) is 15.4. The fourth-order valence-electron chi connectivity index (χ4n) is 3.02. The topological polar surface area (TPSA) is 143 Å². The molecule has 29 heavy (non-hydrogen) atoms. The van der Waals surface area contributed by atoms with E-state index in [4.69, 9.17) is 0 Å². The number of rotatable bonds is 6. The van der Waals surface area contributed by atoms with Crippen LogP contribution in [-0.4, -0.2) is 64.3 Å². The molecule has 156 valence electrons. The molecule has 0 radical (unpaired) electrons. The number of benzene rings is 1. The Labute approximate surface area is 168 Å². The highest BCUT2D eigenvalue weighted by atomic mass is 32.2. The molecule has 0 amide bonds. The lowest BCUT2D eigenvalue weighted by atomic mass is 10.2. The number of nitro groups is 1. The SMILES string of the molecule is CNS(=O)(=O)c1ccc(N2CCN(S(=O)(=O)c3cccnc3)CC2)c([N+](=O)[O-])c1. The summed E-state index contributed by atoms with van der Waals surface area (Å²) in [5, 5.41) is 11.5. The molecule has 0 spiro atoms. The Balaban J connectivity index is 1.83. The Morgan fingerprint density at radius 2 is 1.76 bits per heavy atom. The van der Waals surface area contributed by atoms with Crippen molar-refractivity contribution in [2.75, 3.05) is 38.1 Å². The molecule has 1 aliphatic heterocycles. The summed E-state index contributed by atoms with van der Waals surface area (Å²) in [5.74, 6) is 0. The predicted octanol–water partition coefficient (Wildman–Crippen LogP) is 0.409. The number of aromatic nitrogens is 1. The minimum atomic E-state index is -3.83. The van der Waals surface area contributed by atoms with Crippen molar-refractivity contribution in [3.63, 3.8) is 0 Å². The number of anilines is 1. The van der Waals surface area contributed by atoms with Crippen LogP contribution < -0.4 is 9.62 Å². The van der Waals surface area contributed by atoms with Crippen LogP contribution in [-0.2, 0) is 20.0 Å². The van der Waals surface area contributed by atoms with Gasteiger partial charge in [-0.25, -0.2) is 21.6 Å². The third-order valence-corrected chi connectivity index (χ3v) is 7.87. The van der Waals surface area contributed by atoms with Gasteiger partial charge in [-0.15, -0.1) is 0 Å². The van der Waals surface area contributed by atoms with Gasteiger partial charge >= 0.3 is 0 Å². The van der Waals surface area contributed by atoms with Crippen molar-refractivity contribution < 1.29 is 21.8 Å². The number of hydrogen-bond acceptors (Lipinski definition) is 8. The standard InChI is InChI=1S/C16H19N5O6S2/c1-17-28(24,25)13-4-5-15(16(11-13)21(22)23)19-7-9-20(10-8-19)29(26,27)14-3-2-6-18-12-14/h2-6,11-12,17H,7-10H2,1H3. The van der Waals surface area contributed by atoms with Crippen molar-refractivity contribution in [3.05, 3.63) is 52.8 Å². The molecule has 3 rings (SSSR count). The second-order valence-electron chi connectivity index (χ2n) is 6.20. The number of piperazine rings is 1. The molecule has 1 saturated heterocycles. The highest BCUT2D eigenvalue weighted by molar-refractivity contribution is 7.89. The van der Waals surface area contributed by atoms with Crippen LogP contribution in [0, 0.1) is 10.1 Å². The smallest absolute Gasteiger partial charge is 0.293 e. The Bertz CT molecular complexity index is 1110. The average molecular weight is 441 g/mol. The molecule has 0 bridgehead atoms. The summed E-state index contributed by atoms with van der Waals surface area (Å²) in [5.41, 5.74) is -0.117. The van der Waals surface area contributed by atoms with Gasteiger partial charge in [-0.3, -0.25) is 15.1 Å². The first-order valence-corrected chi connectivity index (χ1v) is 11.5. The van der Waals surface area contributed by atoms with E-state index in [1.165, 1.54) is 48.0 Å². The fraction of sp³-hybridized carbons (Fsp3) is 0.312. The molecule has 0 unspecified atom stereocenters. The first-order chi connectivity index (χ1) is 13.7. The van der Waals surface area contributed by atoms with Crippen LogP contribution in [0.1, 0.15) is 0 Å². The summed E-state index contributed by atoms with van der Waals surface area (Å²) in [6.45, 7) is 0.701. The van der Waals surface area contributed by atoms with E-state index < -0.39 is 25.0 Å². The Hall–Kier alpha value is -2.61. The third kappa shape index (κ3) is 4.22. The van der Waals surface area contributed by atoms with E-state index in [-0.39, 0.29) is 47.3 Å². The summed E-state index contributed by atoms with van der Waals surface area (Å²) in [4.78, 5) is 16.2. The Morgan fingerprint density at radius 1 is 1.07 bits per heavy atom. The van der Waals surface area contributed by atoms with E-state index in [1.807, 2.05) is 0 Å². The highest BCUT2D eigenvalue weighted by Gasteiger charge is 2.31. The van der Waals surface area contributed by atoms with E-state index >= 15 is 0 Å². The normalized spacial score (nSPS) is 16.0. The van der Waals surface area contributed by atoms with Gasteiger partial charge < -0.3 is 4.90 Å². The van der Waals surface area contributed by atoms with E-state index in [1.54, 1.807) is 4.90 Å². The van der Waals surface area contributed by atoms with Crippen LogP contribution in [0.25, 0.3) is 0 Å². The highest BCUT2D eigenvalue weighted by Crippen LogP contribution is 2.32. The van der Waals surface area contributed by atoms with E-state index in [0.717, 1.165) is 6.07 Å². The number of pyridine rings is 1. The minimum Gasteiger partial charge on any atom is -0.363 e. The Kier molecular flexibility index (Phi) is 5.84. The zero-order chi connectivity index (χ0) is 21.2. The maximum absolute atomic E-state index is 12.7. The van der Waals surface area contributed by atoms with Gasteiger partial charge in [0.15, 0.2) is 0 Å². The molecule has 1 aromatic heterocycles. The van der Waals surface area contributed by atoms with Crippen LogP contribution in [0.15, 0.2) is 52.5 Å². The molecule has 13 heteroatoms. The predicted molar refractivity (Wildman–Crippen MR) is 105 cm³/mol. The fourth-order valence-corrected chi connectivity index (χ4v) is 5.16. The van der Waals surface area contributed by atoms with Gasteiger partial charge in [0, 0.05) is 44.6 Å². The lowest BCUT2D eigenvalue weighted by Crippen LogP contribution is -2.48. The summed E-state index contributed by atoms with van der Waals surface area (Å²) in [6.07, 6.45) is 2.75. The largest absolute Gasteiger partial charge is 0.363 e. The van der Waals surface area contributed by atoms with Gasteiger partial charge in [0.1, 0.15) is 10.6 Å². The molecular formula is C16H19N5O6S2. The number of nitro benzene ring substituents is 1. The molecule has 2 aromatic rings. The van der Waals surface area contributed by atoms with E-state index in [0.29, 0.717) is 0 Å².